The van der Waals surface area contributed by atoms with Crippen LogP contribution in [0, 0.1) is 17.7 Å². The lowest BCUT2D eigenvalue weighted by atomic mass is 9.88. The molecular weight excluding hydrogens is 451 g/mol. The van der Waals surface area contributed by atoms with E-state index in [4.69, 9.17) is 0 Å². The van der Waals surface area contributed by atoms with Gasteiger partial charge in [-0.05, 0) is 81.7 Å². The molecule has 0 radical (unpaired) electrons. The molecule has 2 heterocycles. The zero-order chi connectivity index (χ0) is 27.5. The minimum atomic E-state index is -0.372. The van der Waals surface area contributed by atoms with Crippen molar-refractivity contribution in [3.63, 3.8) is 0 Å². The molecule has 2 aliphatic rings. The molecule has 1 saturated heterocycles. The van der Waals surface area contributed by atoms with E-state index in [1.165, 1.54) is 19.9 Å². The number of likely N-dealkylation sites (tertiary alicyclic amines) is 1. The Balaban J connectivity index is 0.000000709. The van der Waals surface area contributed by atoms with Gasteiger partial charge in [-0.25, -0.2) is 4.39 Å². The highest BCUT2D eigenvalue weighted by Crippen LogP contribution is 2.37. The first-order chi connectivity index (χ1) is 16.8. The Morgan fingerprint density at radius 1 is 1.25 bits per heavy atom. The van der Waals surface area contributed by atoms with Crippen LogP contribution in [0.1, 0.15) is 87.1 Å². The highest BCUT2D eigenvalue weighted by Gasteiger charge is 2.34. The number of hydrogen-bond donors (Lipinski definition) is 1. The van der Waals surface area contributed by atoms with Crippen LogP contribution in [0.3, 0.4) is 0 Å². The minimum Gasteiger partial charge on any atom is -0.379 e. The van der Waals surface area contributed by atoms with Crippen molar-refractivity contribution in [1.82, 2.24) is 10.2 Å². The number of amides is 1. The molecule has 1 aromatic rings. The summed E-state index contributed by atoms with van der Waals surface area (Å²) in [6.07, 6.45) is 8.67. The average Bonchev–Trinajstić information content (AvgIpc) is 3.33. The Labute approximate surface area is 218 Å². The van der Waals surface area contributed by atoms with Gasteiger partial charge in [0.25, 0.3) is 5.91 Å². The molecule has 0 aromatic heterocycles. The topological polar surface area (TPSA) is 49.4 Å². The normalized spacial score (nSPS) is 21.7. The molecule has 1 amide bonds. The molecule has 0 aliphatic carbocycles. The van der Waals surface area contributed by atoms with Gasteiger partial charge in [0, 0.05) is 30.8 Å². The lowest BCUT2D eigenvalue weighted by molar-refractivity contribution is -0.125. The van der Waals surface area contributed by atoms with E-state index in [9.17, 15) is 14.0 Å². The zero-order valence-corrected chi connectivity index (χ0v) is 23.9. The van der Waals surface area contributed by atoms with Crippen molar-refractivity contribution >= 4 is 11.7 Å². The van der Waals surface area contributed by atoms with Gasteiger partial charge in [-0.3, -0.25) is 4.79 Å². The van der Waals surface area contributed by atoms with Gasteiger partial charge in [-0.1, -0.05) is 58.9 Å². The van der Waals surface area contributed by atoms with Crippen molar-refractivity contribution < 1.29 is 14.0 Å². The molecule has 4 nitrogen and oxygen atoms in total. The molecule has 0 bridgehead atoms. The summed E-state index contributed by atoms with van der Waals surface area (Å²) in [5, 5.41) is 3.52. The molecule has 5 heteroatoms. The van der Waals surface area contributed by atoms with Crippen LogP contribution in [0.25, 0.3) is 0 Å². The maximum Gasteiger partial charge on any atom is 0.253 e. The first-order valence-corrected chi connectivity index (χ1v) is 13.2. The van der Waals surface area contributed by atoms with Crippen molar-refractivity contribution in [1.29, 1.82) is 0 Å². The van der Waals surface area contributed by atoms with E-state index < -0.39 is 0 Å². The Morgan fingerprint density at radius 3 is 2.36 bits per heavy atom. The summed E-state index contributed by atoms with van der Waals surface area (Å²) in [6, 6.07) is 6.74. The fourth-order valence-electron chi connectivity index (χ4n) is 4.13. The van der Waals surface area contributed by atoms with Gasteiger partial charge in [-0.2, -0.15) is 0 Å². The van der Waals surface area contributed by atoms with Crippen molar-refractivity contribution in [2.45, 2.75) is 87.1 Å². The number of rotatable bonds is 5. The van der Waals surface area contributed by atoms with Crippen LogP contribution in [0.4, 0.5) is 4.39 Å². The van der Waals surface area contributed by atoms with Crippen molar-refractivity contribution in [3.8, 4) is 0 Å². The number of nitrogens with one attached hydrogen (secondary N) is 1. The lowest BCUT2D eigenvalue weighted by Gasteiger charge is -2.27. The molecule has 1 fully saturated rings. The van der Waals surface area contributed by atoms with Crippen LogP contribution in [-0.2, 0) is 15.1 Å². The fourth-order valence-corrected chi connectivity index (χ4v) is 4.13. The molecule has 1 aromatic carbocycles. The van der Waals surface area contributed by atoms with E-state index in [1.54, 1.807) is 12.1 Å². The SMILES string of the molecule is CC(C)=O.CC(C)C.CC/C=C/C(=C\C1=C(C)N[C@@](C)(c2cccc(F)c2)C1)C(=O)N1CC[C@H](C)C1. The summed E-state index contributed by atoms with van der Waals surface area (Å²) in [6.45, 7) is 19.6. The predicted octanol–water partition coefficient (Wildman–Crippen LogP) is 7.33. The summed E-state index contributed by atoms with van der Waals surface area (Å²) < 4.78 is 13.7. The second-order valence-electron chi connectivity index (χ2n) is 11.0. The maximum absolute atomic E-state index is 13.7. The molecular formula is C31H47FN2O2. The van der Waals surface area contributed by atoms with E-state index in [1.807, 2.05) is 36.1 Å². The third kappa shape index (κ3) is 10.5. The van der Waals surface area contributed by atoms with Crippen molar-refractivity contribution in [2.24, 2.45) is 11.8 Å². The summed E-state index contributed by atoms with van der Waals surface area (Å²) in [5.74, 6) is 1.44. The number of carbonyl (C=O) groups excluding carboxylic acids is 2. The first-order valence-electron chi connectivity index (χ1n) is 13.2. The van der Waals surface area contributed by atoms with Gasteiger partial charge in [0.05, 0.1) is 5.54 Å². The minimum absolute atomic E-state index is 0.105. The maximum atomic E-state index is 13.7. The Bertz CT molecular complexity index is 970. The Hall–Kier alpha value is -2.69. The largest absolute Gasteiger partial charge is 0.379 e. The number of nitrogens with zero attached hydrogens (tertiary/aromatic N) is 1. The van der Waals surface area contributed by atoms with Crippen molar-refractivity contribution in [3.05, 3.63) is 70.7 Å². The lowest BCUT2D eigenvalue weighted by Crippen LogP contribution is -2.33. The molecule has 0 unspecified atom stereocenters. The predicted molar refractivity (Wildman–Crippen MR) is 149 cm³/mol. The molecule has 36 heavy (non-hydrogen) atoms. The number of Topliss-reactive ketones (excluding diaryl/α,β-unsaturated/α-hetero) is 1. The van der Waals surface area contributed by atoms with Gasteiger partial charge in [0.15, 0.2) is 0 Å². The van der Waals surface area contributed by atoms with E-state index in [2.05, 4.69) is 46.9 Å². The highest BCUT2D eigenvalue weighted by molar-refractivity contribution is 5.97. The smallest absolute Gasteiger partial charge is 0.253 e. The third-order valence-corrected chi connectivity index (χ3v) is 5.77. The van der Waals surface area contributed by atoms with Crippen LogP contribution in [0.5, 0.6) is 0 Å². The van der Waals surface area contributed by atoms with Gasteiger partial charge in [-0.15, -0.1) is 0 Å². The molecule has 3 rings (SSSR count). The van der Waals surface area contributed by atoms with E-state index in [0.29, 0.717) is 5.92 Å². The van der Waals surface area contributed by atoms with Gasteiger partial charge in [0.1, 0.15) is 11.6 Å². The average molecular weight is 499 g/mol. The molecule has 2 atom stereocenters. The molecule has 1 N–H and O–H groups in total. The summed E-state index contributed by atoms with van der Waals surface area (Å²) in [5.41, 5.74) is 3.42. The number of allylic oxidation sites excluding steroid dienone is 3. The molecule has 0 spiro atoms. The number of benzene rings is 1. The standard InChI is InChI=1S/C24H31FN2O.C4H10.C3H6O/c1-5-6-8-19(23(28)27-12-11-17(2)16-27)13-20-15-24(4,26-18(20)3)21-9-7-10-22(25)14-21;1-4(2)3;1-3(2)4/h6-10,13-14,17,26H,5,11-12,15-16H2,1-4H3;4H,1-3H3;1-2H3/b8-6+,19-13+;;/t17-,24+;;/m0../s1. The number of hydrogen-bond acceptors (Lipinski definition) is 3. The zero-order valence-electron chi connectivity index (χ0n) is 23.9. The molecule has 2 aliphatic heterocycles. The van der Waals surface area contributed by atoms with Crippen LogP contribution in [0.15, 0.2) is 59.3 Å². The van der Waals surface area contributed by atoms with Gasteiger partial charge >= 0.3 is 0 Å². The van der Waals surface area contributed by atoms with Crippen LogP contribution in [0.2, 0.25) is 0 Å². The number of halogens is 1. The Morgan fingerprint density at radius 2 is 1.86 bits per heavy atom. The monoisotopic (exact) mass is 498 g/mol. The van der Waals surface area contributed by atoms with Crippen LogP contribution < -0.4 is 5.32 Å². The Kier molecular flexibility index (Phi) is 12.9. The molecule has 0 saturated carbocycles. The second kappa shape index (κ2) is 14.8. The van der Waals surface area contributed by atoms with E-state index in [0.717, 1.165) is 60.7 Å². The highest BCUT2D eigenvalue weighted by atomic mass is 19.1. The quantitative estimate of drug-likeness (QED) is 0.342. The van der Waals surface area contributed by atoms with E-state index >= 15 is 0 Å². The summed E-state index contributed by atoms with van der Waals surface area (Å²) in [4.78, 5) is 24.5. The molecule has 200 valence electrons. The summed E-state index contributed by atoms with van der Waals surface area (Å²) in [7, 11) is 0. The van der Waals surface area contributed by atoms with E-state index in [-0.39, 0.29) is 23.0 Å². The van der Waals surface area contributed by atoms with Gasteiger partial charge < -0.3 is 15.0 Å². The van der Waals surface area contributed by atoms with Crippen LogP contribution >= 0.6 is 0 Å². The summed E-state index contributed by atoms with van der Waals surface area (Å²) >= 11 is 0. The fraction of sp³-hybridized carbons (Fsp3) is 0.548. The third-order valence-electron chi connectivity index (χ3n) is 5.77. The second-order valence-corrected chi connectivity index (χ2v) is 11.0. The first kappa shape index (κ1) is 31.3. The number of carbonyl (C=O) groups is 2. The van der Waals surface area contributed by atoms with Gasteiger partial charge in [0.2, 0.25) is 0 Å². The number of ketones is 1. The van der Waals surface area contributed by atoms with Crippen LogP contribution in [-0.4, -0.2) is 29.7 Å². The van der Waals surface area contributed by atoms with Crippen molar-refractivity contribution in [2.75, 3.05) is 13.1 Å².